The van der Waals surface area contributed by atoms with Crippen molar-refractivity contribution in [1.29, 1.82) is 5.26 Å². The summed E-state index contributed by atoms with van der Waals surface area (Å²) < 4.78 is 1.10. The number of fused-ring (bicyclic) bond motifs is 1. The van der Waals surface area contributed by atoms with E-state index in [4.69, 9.17) is 10.2 Å². The molecular weight excluding hydrogens is 368 g/mol. The summed E-state index contributed by atoms with van der Waals surface area (Å²) in [6.07, 6.45) is 1.86. The molecule has 0 spiro atoms. The number of aromatic nitrogens is 1. The zero-order valence-corrected chi connectivity index (χ0v) is 17.3. The van der Waals surface area contributed by atoms with Crippen molar-refractivity contribution in [3.05, 3.63) is 59.2 Å². The van der Waals surface area contributed by atoms with Gasteiger partial charge in [-0.05, 0) is 48.4 Å². The van der Waals surface area contributed by atoms with Crippen LogP contribution in [0.3, 0.4) is 0 Å². The van der Waals surface area contributed by atoms with E-state index in [2.05, 4.69) is 39.2 Å². The Morgan fingerprint density at radius 2 is 1.96 bits per heavy atom. The Hall–Kier alpha value is -2.75. The molecule has 2 aromatic carbocycles. The van der Waals surface area contributed by atoms with Crippen molar-refractivity contribution in [2.75, 3.05) is 32.1 Å². The van der Waals surface area contributed by atoms with E-state index >= 15 is 0 Å². The molecule has 0 atom stereocenters. The number of carbonyl (C=O) groups is 1. The van der Waals surface area contributed by atoms with Gasteiger partial charge in [-0.15, -0.1) is 0 Å². The molecule has 0 radical (unpaired) electrons. The van der Waals surface area contributed by atoms with Crippen LogP contribution >= 0.6 is 11.3 Å². The Morgan fingerprint density at radius 3 is 2.61 bits per heavy atom. The molecule has 0 aliphatic carbocycles. The summed E-state index contributed by atoms with van der Waals surface area (Å²) in [5.74, 6) is -0.0759. The number of hydrogen-bond acceptors (Lipinski definition) is 4. The second-order valence-electron chi connectivity index (χ2n) is 7.11. The summed E-state index contributed by atoms with van der Waals surface area (Å²) in [6.45, 7) is 3.72. The van der Waals surface area contributed by atoms with Crippen molar-refractivity contribution in [3.8, 4) is 6.07 Å². The number of nitrogens with one attached hydrogen (secondary N) is 1. The van der Waals surface area contributed by atoms with Gasteiger partial charge in [0.05, 0.1) is 42.5 Å². The second-order valence-corrected chi connectivity index (χ2v) is 8.12. The van der Waals surface area contributed by atoms with Crippen LogP contribution in [-0.2, 0) is 6.42 Å². The van der Waals surface area contributed by atoms with E-state index in [1.165, 1.54) is 10.5 Å². The first kappa shape index (κ1) is 20.0. The molecule has 1 N–H and O–H groups in total. The monoisotopic (exact) mass is 393 g/mol. The summed E-state index contributed by atoms with van der Waals surface area (Å²) in [5, 5.41) is 9.72. The first-order chi connectivity index (χ1) is 13.5. The van der Waals surface area contributed by atoms with Crippen LogP contribution in [-0.4, -0.2) is 38.1 Å². The minimum absolute atomic E-state index is 0.0759. The molecule has 0 bridgehead atoms. The summed E-state index contributed by atoms with van der Waals surface area (Å²) in [7, 11) is 4.22. The van der Waals surface area contributed by atoms with Crippen LogP contribution in [0.15, 0.2) is 42.5 Å². The third kappa shape index (κ3) is 4.56. The predicted octanol–water partition coefficient (Wildman–Crippen LogP) is 2.91. The summed E-state index contributed by atoms with van der Waals surface area (Å²) in [4.78, 5) is 21.1. The van der Waals surface area contributed by atoms with Gasteiger partial charge in [-0.3, -0.25) is 9.69 Å². The van der Waals surface area contributed by atoms with E-state index in [-0.39, 0.29) is 5.91 Å². The standard InChI is InChI=1S/C22H24N4OS/c1-4-16-8-11-19-20(14-16)28-22(24-19)26(13-5-12-25(2)3)21(27)18-9-6-17(15-23)7-10-18/h6-11,14H,4-5,12-13H2,1-3H3/p+1. The van der Waals surface area contributed by atoms with Crippen molar-refractivity contribution >= 4 is 32.6 Å². The quantitative estimate of drug-likeness (QED) is 0.671. The Kier molecular flexibility index (Phi) is 6.40. The van der Waals surface area contributed by atoms with Crippen LogP contribution in [0.5, 0.6) is 0 Å². The average Bonchev–Trinajstić information content (AvgIpc) is 3.13. The molecule has 0 aliphatic rings. The average molecular weight is 394 g/mol. The molecule has 1 heterocycles. The lowest BCUT2D eigenvalue weighted by atomic mass is 10.1. The number of nitriles is 1. The smallest absolute Gasteiger partial charge is 0.260 e. The SMILES string of the molecule is CCc1ccc2nc(N(CCC[NH+](C)C)C(=O)c3ccc(C#N)cc3)sc2c1. The van der Waals surface area contributed by atoms with Crippen molar-refractivity contribution in [2.24, 2.45) is 0 Å². The minimum Gasteiger partial charge on any atom is -0.340 e. The zero-order valence-electron chi connectivity index (χ0n) is 16.5. The molecule has 0 aliphatic heterocycles. The van der Waals surface area contributed by atoms with E-state index in [1.54, 1.807) is 40.5 Å². The topological polar surface area (TPSA) is 61.4 Å². The number of nitrogens with zero attached hydrogens (tertiary/aromatic N) is 3. The van der Waals surface area contributed by atoms with Gasteiger partial charge in [0, 0.05) is 18.5 Å². The number of carbonyl (C=O) groups excluding carboxylic acids is 1. The van der Waals surface area contributed by atoms with Crippen molar-refractivity contribution in [2.45, 2.75) is 19.8 Å². The molecule has 6 heteroatoms. The summed E-state index contributed by atoms with van der Waals surface area (Å²) in [5.41, 5.74) is 3.31. The molecule has 0 fully saturated rings. The summed E-state index contributed by atoms with van der Waals surface area (Å²) >= 11 is 1.56. The fourth-order valence-corrected chi connectivity index (χ4v) is 4.06. The Balaban J connectivity index is 1.93. The normalized spacial score (nSPS) is 11.0. The minimum atomic E-state index is -0.0759. The number of aryl methyl sites for hydroxylation is 1. The number of quaternary nitrogens is 1. The molecule has 1 aromatic heterocycles. The molecule has 0 saturated heterocycles. The molecule has 0 unspecified atom stereocenters. The molecule has 5 nitrogen and oxygen atoms in total. The zero-order chi connectivity index (χ0) is 20.1. The van der Waals surface area contributed by atoms with Crippen LogP contribution < -0.4 is 9.80 Å². The van der Waals surface area contributed by atoms with Crippen LogP contribution in [0.1, 0.15) is 34.8 Å². The third-order valence-electron chi connectivity index (χ3n) is 4.65. The van der Waals surface area contributed by atoms with Gasteiger partial charge in [-0.25, -0.2) is 4.98 Å². The highest BCUT2D eigenvalue weighted by atomic mass is 32.1. The maximum atomic E-state index is 13.2. The summed E-state index contributed by atoms with van der Waals surface area (Å²) in [6, 6.07) is 15.2. The molecule has 1 amide bonds. The van der Waals surface area contributed by atoms with E-state index in [0.717, 1.165) is 34.7 Å². The maximum absolute atomic E-state index is 13.2. The van der Waals surface area contributed by atoms with Crippen molar-refractivity contribution in [3.63, 3.8) is 0 Å². The van der Waals surface area contributed by atoms with Gasteiger partial charge in [-0.1, -0.05) is 24.3 Å². The first-order valence-electron chi connectivity index (χ1n) is 9.52. The Labute approximate surface area is 169 Å². The van der Waals surface area contributed by atoms with Gasteiger partial charge in [0.2, 0.25) is 0 Å². The van der Waals surface area contributed by atoms with Gasteiger partial charge in [-0.2, -0.15) is 5.26 Å². The van der Waals surface area contributed by atoms with E-state index in [9.17, 15) is 4.79 Å². The third-order valence-corrected chi connectivity index (χ3v) is 5.69. The molecular formula is C22H25N4OS+. The van der Waals surface area contributed by atoms with Gasteiger partial charge in [0.1, 0.15) is 0 Å². The Morgan fingerprint density at radius 1 is 1.21 bits per heavy atom. The molecule has 3 aromatic rings. The number of benzene rings is 2. The highest BCUT2D eigenvalue weighted by Crippen LogP contribution is 2.30. The van der Waals surface area contributed by atoms with Crippen LogP contribution in [0.4, 0.5) is 5.13 Å². The lowest BCUT2D eigenvalue weighted by Gasteiger charge is -2.20. The molecule has 144 valence electrons. The van der Waals surface area contributed by atoms with Crippen LogP contribution in [0.25, 0.3) is 10.2 Å². The van der Waals surface area contributed by atoms with E-state index in [0.29, 0.717) is 17.7 Å². The maximum Gasteiger partial charge on any atom is 0.260 e. The highest BCUT2D eigenvalue weighted by Gasteiger charge is 2.21. The number of thiazole rings is 1. The first-order valence-corrected chi connectivity index (χ1v) is 10.3. The van der Waals surface area contributed by atoms with Crippen molar-refractivity contribution < 1.29 is 9.69 Å². The lowest BCUT2D eigenvalue weighted by Crippen LogP contribution is -3.05. The van der Waals surface area contributed by atoms with Gasteiger partial charge in [0.15, 0.2) is 5.13 Å². The predicted molar refractivity (Wildman–Crippen MR) is 114 cm³/mol. The molecule has 0 saturated carbocycles. The van der Waals surface area contributed by atoms with Crippen LogP contribution in [0, 0.1) is 11.3 Å². The number of anilines is 1. The number of amides is 1. The lowest BCUT2D eigenvalue weighted by molar-refractivity contribution is -0.858. The van der Waals surface area contributed by atoms with Gasteiger partial charge >= 0.3 is 0 Å². The van der Waals surface area contributed by atoms with E-state index in [1.807, 2.05) is 6.07 Å². The second kappa shape index (κ2) is 8.96. The number of hydrogen-bond donors (Lipinski definition) is 1. The van der Waals surface area contributed by atoms with E-state index < -0.39 is 0 Å². The fourth-order valence-electron chi connectivity index (χ4n) is 3.01. The molecule has 28 heavy (non-hydrogen) atoms. The van der Waals surface area contributed by atoms with Crippen LogP contribution in [0.2, 0.25) is 0 Å². The fraction of sp³-hybridized carbons (Fsp3) is 0.318. The highest BCUT2D eigenvalue weighted by molar-refractivity contribution is 7.22. The Bertz CT molecular complexity index is 1000. The molecule has 3 rings (SSSR count). The largest absolute Gasteiger partial charge is 0.340 e. The van der Waals surface area contributed by atoms with Gasteiger partial charge in [0.25, 0.3) is 5.91 Å². The van der Waals surface area contributed by atoms with Gasteiger partial charge < -0.3 is 4.90 Å². The van der Waals surface area contributed by atoms with Crippen molar-refractivity contribution in [1.82, 2.24) is 4.98 Å². The number of rotatable bonds is 7.